The van der Waals surface area contributed by atoms with E-state index in [1.165, 1.54) is 0 Å². The van der Waals surface area contributed by atoms with Crippen molar-refractivity contribution in [1.82, 2.24) is 15.0 Å². The van der Waals surface area contributed by atoms with Crippen molar-refractivity contribution < 1.29 is 9.32 Å². The smallest absolute Gasteiger partial charge is 0.242 e. The molecule has 2 atom stereocenters. The van der Waals surface area contributed by atoms with E-state index in [1.54, 1.807) is 6.92 Å². The summed E-state index contributed by atoms with van der Waals surface area (Å²) in [5.74, 6) is 2.21. The second-order valence-electron chi connectivity index (χ2n) is 6.75. The van der Waals surface area contributed by atoms with Gasteiger partial charge in [0, 0.05) is 26.4 Å². The number of rotatable bonds is 4. The molecule has 3 rings (SSSR count). The Kier molecular flexibility index (Phi) is 3.73. The van der Waals surface area contributed by atoms with Crippen molar-refractivity contribution in [3.8, 4) is 0 Å². The van der Waals surface area contributed by atoms with Gasteiger partial charge in [-0.2, -0.15) is 4.98 Å². The number of hydrogen-bond acceptors (Lipinski definition) is 5. The summed E-state index contributed by atoms with van der Waals surface area (Å²) >= 11 is 0. The minimum absolute atomic E-state index is 0.110. The van der Waals surface area contributed by atoms with Gasteiger partial charge in [-0.15, -0.1) is 0 Å². The molecule has 1 saturated heterocycles. The van der Waals surface area contributed by atoms with Crippen LogP contribution in [0.3, 0.4) is 0 Å². The highest BCUT2D eigenvalue weighted by Gasteiger charge is 2.46. The van der Waals surface area contributed by atoms with Crippen molar-refractivity contribution in [3.63, 3.8) is 0 Å². The SMILES string of the molecule is Cc1nc(C[C@@H]2CCCN(C(=O)[C@@](C)(N)C3CC3)C2)no1. The molecule has 1 aliphatic carbocycles. The summed E-state index contributed by atoms with van der Waals surface area (Å²) in [5, 5.41) is 3.95. The van der Waals surface area contributed by atoms with Crippen LogP contribution in [-0.4, -0.2) is 39.6 Å². The molecule has 1 saturated carbocycles. The summed E-state index contributed by atoms with van der Waals surface area (Å²) in [6.45, 7) is 5.26. The lowest BCUT2D eigenvalue weighted by molar-refractivity contribution is -0.139. The molecule has 0 radical (unpaired) electrons. The number of likely N-dealkylation sites (tertiary alicyclic amines) is 1. The minimum atomic E-state index is -0.690. The van der Waals surface area contributed by atoms with Crippen LogP contribution in [0.1, 0.15) is 44.3 Å². The van der Waals surface area contributed by atoms with Gasteiger partial charge in [0.15, 0.2) is 5.82 Å². The summed E-state index contributed by atoms with van der Waals surface area (Å²) in [6, 6.07) is 0. The molecule has 0 aromatic carbocycles. The fourth-order valence-corrected chi connectivity index (χ4v) is 3.30. The summed E-state index contributed by atoms with van der Waals surface area (Å²) < 4.78 is 5.01. The van der Waals surface area contributed by atoms with Crippen molar-refractivity contribution in [1.29, 1.82) is 0 Å². The highest BCUT2D eigenvalue weighted by atomic mass is 16.5. The number of amides is 1. The van der Waals surface area contributed by atoms with Gasteiger partial charge in [-0.1, -0.05) is 5.16 Å². The maximum absolute atomic E-state index is 12.7. The van der Waals surface area contributed by atoms with Crippen LogP contribution in [0.5, 0.6) is 0 Å². The first-order valence-electron chi connectivity index (χ1n) is 7.84. The molecule has 0 unspecified atom stereocenters. The first kappa shape index (κ1) is 14.5. The topological polar surface area (TPSA) is 85.2 Å². The van der Waals surface area contributed by atoms with Gasteiger partial charge in [0.2, 0.25) is 11.8 Å². The molecule has 6 heteroatoms. The van der Waals surface area contributed by atoms with Crippen LogP contribution in [-0.2, 0) is 11.2 Å². The highest BCUT2D eigenvalue weighted by Crippen LogP contribution is 2.39. The Morgan fingerprint density at radius 3 is 2.86 bits per heavy atom. The number of hydrogen-bond donors (Lipinski definition) is 1. The van der Waals surface area contributed by atoms with Gasteiger partial charge < -0.3 is 15.2 Å². The van der Waals surface area contributed by atoms with Crippen LogP contribution < -0.4 is 5.73 Å². The van der Waals surface area contributed by atoms with Gasteiger partial charge in [0.1, 0.15) is 0 Å². The first-order valence-corrected chi connectivity index (χ1v) is 7.84. The average molecular weight is 292 g/mol. The zero-order chi connectivity index (χ0) is 15.0. The van der Waals surface area contributed by atoms with Crippen LogP contribution in [0, 0.1) is 18.8 Å². The van der Waals surface area contributed by atoms with E-state index in [0.717, 1.165) is 51.0 Å². The summed E-state index contributed by atoms with van der Waals surface area (Å²) in [4.78, 5) is 18.9. The lowest BCUT2D eigenvalue weighted by atomic mass is 9.90. The molecule has 1 aliphatic heterocycles. The predicted molar refractivity (Wildman–Crippen MR) is 77.4 cm³/mol. The molecular weight excluding hydrogens is 268 g/mol. The van der Waals surface area contributed by atoms with Gasteiger partial charge >= 0.3 is 0 Å². The van der Waals surface area contributed by atoms with Crippen LogP contribution >= 0.6 is 0 Å². The van der Waals surface area contributed by atoms with Gasteiger partial charge in [0.25, 0.3) is 0 Å². The van der Waals surface area contributed by atoms with Gasteiger partial charge in [-0.25, -0.2) is 0 Å². The number of aryl methyl sites for hydroxylation is 1. The predicted octanol–water partition coefficient (Wildman–Crippen LogP) is 1.29. The third kappa shape index (κ3) is 3.10. The normalized spacial score (nSPS) is 25.7. The first-order chi connectivity index (χ1) is 9.96. The highest BCUT2D eigenvalue weighted by molar-refractivity contribution is 5.86. The van der Waals surface area contributed by atoms with E-state index in [0.29, 0.717) is 17.7 Å². The number of piperidine rings is 1. The second kappa shape index (κ2) is 5.40. The van der Waals surface area contributed by atoms with E-state index in [9.17, 15) is 4.79 Å². The average Bonchev–Trinajstić information content (AvgIpc) is 3.24. The summed E-state index contributed by atoms with van der Waals surface area (Å²) in [7, 11) is 0. The van der Waals surface area contributed by atoms with E-state index in [-0.39, 0.29) is 5.91 Å². The zero-order valence-corrected chi connectivity index (χ0v) is 12.8. The molecule has 0 bridgehead atoms. The molecule has 2 aliphatic rings. The number of nitrogens with zero attached hydrogens (tertiary/aromatic N) is 3. The molecular formula is C15H24N4O2. The second-order valence-corrected chi connectivity index (χ2v) is 6.75. The number of carbonyl (C=O) groups is 1. The third-order valence-corrected chi connectivity index (χ3v) is 4.73. The van der Waals surface area contributed by atoms with Crippen molar-refractivity contribution >= 4 is 5.91 Å². The van der Waals surface area contributed by atoms with E-state index in [4.69, 9.17) is 10.3 Å². The Morgan fingerprint density at radius 1 is 1.48 bits per heavy atom. The molecule has 6 nitrogen and oxygen atoms in total. The van der Waals surface area contributed by atoms with Crippen molar-refractivity contribution in [2.45, 2.75) is 51.5 Å². The monoisotopic (exact) mass is 292 g/mol. The molecule has 116 valence electrons. The van der Waals surface area contributed by atoms with Gasteiger partial charge in [-0.05, 0) is 44.4 Å². The van der Waals surface area contributed by atoms with E-state index >= 15 is 0 Å². The Hall–Kier alpha value is -1.43. The fraction of sp³-hybridized carbons (Fsp3) is 0.800. The third-order valence-electron chi connectivity index (χ3n) is 4.73. The van der Waals surface area contributed by atoms with Gasteiger partial charge in [-0.3, -0.25) is 4.79 Å². The largest absolute Gasteiger partial charge is 0.341 e. The maximum atomic E-state index is 12.7. The van der Waals surface area contributed by atoms with Crippen molar-refractivity contribution in [3.05, 3.63) is 11.7 Å². The fourth-order valence-electron chi connectivity index (χ4n) is 3.30. The molecule has 1 aromatic rings. The standard InChI is InChI=1S/C15H24N4O2/c1-10-17-13(18-21-10)8-11-4-3-7-19(9-11)14(20)15(2,16)12-5-6-12/h11-12H,3-9,16H2,1-2H3/t11-,15-/m0/s1. The van der Waals surface area contributed by atoms with Crippen LogP contribution in [0.25, 0.3) is 0 Å². The molecule has 2 fully saturated rings. The number of aromatic nitrogens is 2. The van der Waals surface area contributed by atoms with Crippen LogP contribution in [0.2, 0.25) is 0 Å². The Balaban J connectivity index is 1.61. The maximum Gasteiger partial charge on any atom is 0.242 e. The van der Waals surface area contributed by atoms with Crippen LogP contribution in [0.4, 0.5) is 0 Å². The molecule has 2 N–H and O–H groups in total. The van der Waals surface area contributed by atoms with Gasteiger partial charge in [0.05, 0.1) is 5.54 Å². The van der Waals surface area contributed by atoms with E-state index in [2.05, 4.69) is 10.1 Å². The summed E-state index contributed by atoms with van der Waals surface area (Å²) in [5.41, 5.74) is 5.58. The molecule has 21 heavy (non-hydrogen) atoms. The lowest BCUT2D eigenvalue weighted by Crippen LogP contribution is -2.57. The molecule has 2 heterocycles. The molecule has 1 aromatic heterocycles. The van der Waals surface area contributed by atoms with Crippen molar-refractivity contribution in [2.75, 3.05) is 13.1 Å². The Morgan fingerprint density at radius 2 is 2.24 bits per heavy atom. The van der Waals surface area contributed by atoms with E-state index < -0.39 is 5.54 Å². The number of nitrogens with two attached hydrogens (primary N) is 1. The Labute approximate surface area is 125 Å². The molecule has 1 amide bonds. The van der Waals surface area contributed by atoms with Crippen molar-refractivity contribution in [2.24, 2.45) is 17.6 Å². The number of carbonyl (C=O) groups excluding carboxylic acids is 1. The Bertz CT molecular complexity index is 521. The minimum Gasteiger partial charge on any atom is -0.341 e. The van der Waals surface area contributed by atoms with E-state index in [1.807, 2.05) is 11.8 Å². The zero-order valence-electron chi connectivity index (χ0n) is 12.8. The quantitative estimate of drug-likeness (QED) is 0.903. The van der Waals surface area contributed by atoms with Crippen LogP contribution in [0.15, 0.2) is 4.52 Å². The lowest BCUT2D eigenvalue weighted by Gasteiger charge is -2.37. The summed E-state index contributed by atoms with van der Waals surface area (Å²) in [6.07, 6.45) is 5.05. The molecule has 0 spiro atoms.